The molecule has 2 aromatic rings. The van der Waals surface area contributed by atoms with E-state index < -0.39 is 41.2 Å². The molecule has 7 nitrogen and oxygen atoms in total. The van der Waals surface area contributed by atoms with Crippen LogP contribution in [0.1, 0.15) is 44.6 Å². The van der Waals surface area contributed by atoms with Crippen molar-refractivity contribution in [2.45, 2.75) is 80.3 Å². The van der Waals surface area contributed by atoms with Gasteiger partial charge < -0.3 is 29.9 Å². The second-order valence-corrected chi connectivity index (χ2v) is 12.7. The number of halogens is 1. The number of alkyl halides is 1. The largest absolute Gasteiger partial charge is 0.389 e. The van der Waals surface area contributed by atoms with Gasteiger partial charge in [0.25, 0.3) is 0 Å². The molecule has 2 bridgehead atoms. The highest BCUT2D eigenvalue weighted by Gasteiger charge is 2.79. The van der Waals surface area contributed by atoms with Crippen molar-refractivity contribution in [2.24, 2.45) is 11.3 Å². The van der Waals surface area contributed by atoms with Crippen LogP contribution in [0.2, 0.25) is 0 Å². The number of hydrogen-bond donors (Lipinski definition) is 4. The molecule has 0 amide bonds. The van der Waals surface area contributed by atoms with Crippen LogP contribution in [-0.4, -0.2) is 80.5 Å². The number of aliphatic hydroxyl groups is 3. The molecule has 5 aliphatic rings. The highest BCUT2D eigenvalue weighted by atomic mass is 19.1. The first-order valence-electron chi connectivity index (χ1n) is 13.6. The summed E-state index contributed by atoms with van der Waals surface area (Å²) >= 11 is 0. The number of rotatable bonds is 2. The molecule has 202 valence electrons. The average molecular weight is 523 g/mol. The van der Waals surface area contributed by atoms with Crippen LogP contribution >= 0.6 is 0 Å². The van der Waals surface area contributed by atoms with Gasteiger partial charge in [-0.25, -0.2) is 4.39 Å². The number of pyridine rings is 1. The summed E-state index contributed by atoms with van der Waals surface area (Å²) < 4.78 is 23.9. The van der Waals surface area contributed by atoms with E-state index in [1.165, 1.54) is 5.57 Å². The predicted molar refractivity (Wildman–Crippen MR) is 141 cm³/mol. The van der Waals surface area contributed by atoms with Crippen molar-refractivity contribution in [1.82, 2.24) is 9.88 Å². The van der Waals surface area contributed by atoms with Crippen molar-refractivity contribution in [1.29, 1.82) is 0 Å². The van der Waals surface area contributed by atoms with E-state index in [2.05, 4.69) is 30.1 Å². The van der Waals surface area contributed by atoms with Crippen molar-refractivity contribution in [3.63, 3.8) is 0 Å². The lowest BCUT2D eigenvalue weighted by Gasteiger charge is -2.62. The average Bonchev–Trinajstić information content (AvgIpc) is 3.42. The molecule has 2 aliphatic heterocycles. The monoisotopic (exact) mass is 522 g/mol. The number of allylic oxidation sites excluding steroid dienone is 3. The van der Waals surface area contributed by atoms with E-state index >= 15 is 4.39 Å². The molecule has 3 fully saturated rings. The molecule has 2 spiro atoms. The van der Waals surface area contributed by atoms with Crippen LogP contribution < -0.4 is 5.56 Å². The van der Waals surface area contributed by atoms with Crippen LogP contribution in [0.3, 0.4) is 0 Å². The van der Waals surface area contributed by atoms with Gasteiger partial charge in [0.05, 0.1) is 11.7 Å². The molecule has 7 rings (SSSR count). The number of nitrogens with one attached hydrogen (secondary N) is 1. The first kappa shape index (κ1) is 24.7. The highest BCUT2D eigenvalue weighted by molar-refractivity contribution is 5.87. The molecule has 4 N–H and O–H groups in total. The molecule has 3 aliphatic carbocycles. The van der Waals surface area contributed by atoms with E-state index in [0.29, 0.717) is 24.8 Å². The normalized spacial score (nSPS) is 45.4. The molecule has 0 radical (unpaired) electrons. The van der Waals surface area contributed by atoms with Gasteiger partial charge in [-0.1, -0.05) is 31.2 Å². The molecule has 38 heavy (non-hydrogen) atoms. The number of hydrogen-bond acceptors (Lipinski definition) is 6. The van der Waals surface area contributed by atoms with Crippen molar-refractivity contribution in [3.8, 4) is 0 Å². The second-order valence-electron chi connectivity index (χ2n) is 12.7. The van der Waals surface area contributed by atoms with Crippen LogP contribution in [-0.2, 0) is 4.74 Å². The van der Waals surface area contributed by atoms with Crippen LogP contribution in [0.4, 0.5) is 4.39 Å². The number of aromatic nitrogens is 1. The van der Waals surface area contributed by atoms with Gasteiger partial charge in [-0.05, 0) is 79.7 Å². The predicted octanol–water partition coefficient (Wildman–Crippen LogP) is 2.69. The van der Waals surface area contributed by atoms with Crippen LogP contribution in [0.25, 0.3) is 16.3 Å². The van der Waals surface area contributed by atoms with E-state index in [4.69, 9.17) is 4.74 Å². The zero-order valence-corrected chi connectivity index (χ0v) is 21.9. The fourth-order valence-electron chi connectivity index (χ4n) is 8.86. The lowest BCUT2D eigenvalue weighted by atomic mass is 9.55. The van der Waals surface area contributed by atoms with Gasteiger partial charge in [0.2, 0.25) is 5.56 Å². The Bertz CT molecular complexity index is 1470. The van der Waals surface area contributed by atoms with Gasteiger partial charge in [0, 0.05) is 29.6 Å². The van der Waals surface area contributed by atoms with Crippen molar-refractivity contribution < 1.29 is 24.4 Å². The molecule has 1 aromatic carbocycles. The number of nitrogens with zero attached hydrogens (tertiary/aromatic N) is 1. The van der Waals surface area contributed by atoms with Crippen molar-refractivity contribution in [2.75, 3.05) is 14.1 Å². The first-order valence-corrected chi connectivity index (χ1v) is 13.6. The minimum absolute atomic E-state index is 0.00310. The Kier molecular flexibility index (Phi) is 4.96. The second kappa shape index (κ2) is 7.64. The van der Waals surface area contributed by atoms with E-state index in [9.17, 15) is 20.1 Å². The van der Waals surface area contributed by atoms with Gasteiger partial charge in [-0.2, -0.15) is 0 Å². The van der Waals surface area contributed by atoms with E-state index in [1.807, 2.05) is 31.1 Å². The number of aliphatic hydroxyl groups excluding tert-OH is 3. The fourth-order valence-corrected chi connectivity index (χ4v) is 8.86. The summed E-state index contributed by atoms with van der Waals surface area (Å²) in [6.45, 7) is 2.23. The van der Waals surface area contributed by atoms with Crippen LogP contribution in [0.5, 0.6) is 0 Å². The minimum atomic E-state index is -2.48. The number of benzene rings is 1. The zero-order valence-electron chi connectivity index (χ0n) is 21.9. The third-order valence-electron chi connectivity index (χ3n) is 10.8. The van der Waals surface area contributed by atoms with Crippen LogP contribution in [0.15, 0.2) is 53.0 Å². The van der Waals surface area contributed by atoms with E-state index in [-0.39, 0.29) is 23.3 Å². The summed E-state index contributed by atoms with van der Waals surface area (Å²) in [7, 11) is 3.61. The lowest BCUT2D eigenvalue weighted by molar-refractivity contribution is -0.308. The number of aromatic amines is 1. The smallest absolute Gasteiger partial charge is 0.248 e. The quantitative estimate of drug-likeness (QED) is 0.452. The van der Waals surface area contributed by atoms with Crippen LogP contribution in [0, 0.1) is 11.3 Å². The van der Waals surface area contributed by atoms with E-state index in [1.54, 1.807) is 12.3 Å². The molecule has 9 unspecified atom stereocenters. The Balaban J connectivity index is 1.31. The Morgan fingerprint density at radius 3 is 2.66 bits per heavy atom. The Hall–Kier alpha value is -2.36. The molecule has 1 saturated carbocycles. The fraction of sp³-hybridized carbons (Fsp3) is 0.567. The van der Waals surface area contributed by atoms with Gasteiger partial charge in [0.1, 0.15) is 17.8 Å². The van der Waals surface area contributed by atoms with Gasteiger partial charge in [0.15, 0.2) is 5.67 Å². The summed E-state index contributed by atoms with van der Waals surface area (Å²) in [5.74, 6) is -0.00310. The number of likely N-dealkylation sites (N-methyl/N-ethyl adjacent to an activating group) is 1. The SMILES string of the molecule is CN(C)C1CC23CCC4(O2)C(=CCC2(C)C(c5ccc6cc(=O)[nH]cc6c5)=CCC24)C(O)C3(F)C(O)C1O. The van der Waals surface area contributed by atoms with Crippen molar-refractivity contribution in [3.05, 3.63) is 64.1 Å². The van der Waals surface area contributed by atoms with E-state index in [0.717, 1.165) is 22.8 Å². The topological polar surface area (TPSA) is 106 Å². The van der Waals surface area contributed by atoms with Gasteiger partial charge >= 0.3 is 0 Å². The maximum atomic E-state index is 17.0. The molecule has 3 heterocycles. The number of ether oxygens (including phenoxy) is 1. The number of fused-ring (bicyclic) bond motifs is 2. The third-order valence-corrected chi connectivity index (χ3v) is 10.8. The first-order chi connectivity index (χ1) is 18.0. The summed E-state index contributed by atoms with van der Waals surface area (Å²) in [5, 5.41) is 35.4. The maximum absolute atomic E-state index is 17.0. The Morgan fingerprint density at radius 1 is 1.11 bits per heavy atom. The zero-order chi connectivity index (χ0) is 26.8. The molecule has 9 atom stereocenters. The highest BCUT2D eigenvalue weighted by Crippen LogP contribution is 2.70. The Labute approximate surface area is 220 Å². The summed E-state index contributed by atoms with van der Waals surface area (Å²) in [5.41, 5.74) is -2.33. The molecule has 8 heteroatoms. The molecule has 1 aromatic heterocycles. The molecular weight excluding hydrogens is 487 g/mol. The van der Waals surface area contributed by atoms with Gasteiger partial charge in [-0.15, -0.1) is 0 Å². The summed E-state index contributed by atoms with van der Waals surface area (Å²) in [4.78, 5) is 16.3. The summed E-state index contributed by atoms with van der Waals surface area (Å²) in [6.07, 6.45) is 3.77. The Morgan fingerprint density at radius 2 is 1.89 bits per heavy atom. The lowest BCUT2D eigenvalue weighted by Crippen LogP contribution is -2.78. The molecule has 2 saturated heterocycles. The standard InChI is InChI=1S/C30H35FN2O5/c1-27-9-8-20-25(36)30(31)26(37)24(35)21(33(2)3)14-28(30)10-11-29(20,38-28)22(27)7-6-19(27)17-5-4-16-13-23(34)32-15-18(16)12-17/h4-6,8,12-13,15,21-22,24-26,35-37H,7,9-11,14H2,1-3H3,(H,32,34). The van der Waals surface area contributed by atoms with Gasteiger partial charge in [-0.3, -0.25) is 4.79 Å². The maximum Gasteiger partial charge on any atom is 0.248 e. The van der Waals surface area contributed by atoms with Crippen molar-refractivity contribution >= 4 is 16.3 Å². The number of H-pyrrole nitrogens is 1. The molecular formula is C30H35FN2O5. The minimum Gasteiger partial charge on any atom is -0.389 e. The third kappa shape index (κ3) is 2.78. The summed E-state index contributed by atoms with van der Waals surface area (Å²) in [6, 6.07) is 7.23.